The number of amides is 1. The Morgan fingerprint density at radius 1 is 0.969 bits per heavy atom. The van der Waals surface area contributed by atoms with Crippen molar-refractivity contribution in [2.24, 2.45) is 0 Å². The lowest BCUT2D eigenvalue weighted by atomic mass is 9.96. The van der Waals surface area contributed by atoms with Gasteiger partial charge in [0, 0.05) is 40.6 Å². The normalized spacial score (nSPS) is 23.7. The molecule has 2 bridgehead atoms. The first-order valence-corrected chi connectivity index (χ1v) is 10.8. The number of amidine groups is 1. The van der Waals surface area contributed by atoms with Crippen LogP contribution in [-0.2, 0) is 9.47 Å². The number of nitrogens with zero attached hydrogens (tertiary/aromatic N) is 2. The van der Waals surface area contributed by atoms with E-state index >= 15 is 0 Å². The number of rotatable bonds is 1. The molecule has 2 aromatic heterocycles. The van der Waals surface area contributed by atoms with Gasteiger partial charge in [-0.3, -0.25) is 10.2 Å². The summed E-state index contributed by atoms with van der Waals surface area (Å²) in [5.74, 6) is -0.0537. The maximum Gasteiger partial charge on any atom is 0.258 e. The maximum atomic E-state index is 13.2. The third kappa shape index (κ3) is 1.68. The predicted octanol–water partition coefficient (Wildman–Crippen LogP) is 4.42. The van der Waals surface area contributed by atoms with Crippen molar-refractivity contribution < 1.29 is 14.3 Å². The van der Waals surface area contributed by atoms with Gasteiger partial charge in [-0.1, -0.05) is 36.4 Å². The number of methoxy groups -OCH3 is 1. The van der Waals surface area contributed by atoms with Gasteiger partial charge in [-0.25, -0.2) is 0 Å². The average Bonchev–Trinajstić information content (AvgIpc) is 3.50. The molecular weight excluding hydrogens is 404 g/mol. The van der Waals surface area contributed by atoms with E-state index in [1.165, 1.54) is 0 Å². The number of hydrogen-bond acceptors (Lipinski definition) is 4. The quantitative estimate of drug-likeness (QED) is 0.420. The summed E-state index contributed by atoms with van der Waals surface area (Å²) in [6, 6.07) is 16.3. The Labute approximate surface area is 181 Å². The lowest BCUT2D eigenvalue weighted by Gasteiger charge is -2.21. The zero-order chi connectivity index (χ0) is 21.3. The minimum Gasteiger partial charge on any atom is -0.377 e. The van der Waals surface area contributed by atoms with E-state index in [9.17, 15) is 4.79 Å². The standard InChI is InChI=1S/C25H18N4O3/c1-31-15-10-16-28-13-8-4-2-6-11(13)18-20-19(23(26)27-24(20)30)17-12-7-3-5-9-14(12)29(25(15)32-16)22(17)21(18)28/h2-9,15-16,25H,10H2,1H3,(H2,26,27,30)/t15-,16-,25+/m0/s1. The molecule has 3 aromatic carbocycles. The van der Waals surface area contributed by atoms with Gasteiger partial charge in [-0.05, 0) is 12.1 Å². The van der Waals surface area contributed by atoms with Gasteiger partial charge in [0.25, 0.3) is 5.91 Å². The third-order valence-corrected chi connectivity index (χ3v) is 7.40. The fourth-order valence-electron chi connectivity index (χ4n) is 6.25. The summed E-state index contributed by atoms with van der Waals surface area (Å²) in [6.07, 6.45) is 0.139. The van der Waals surface area contributed by atoms with E-state index in [2.05, 4.69) is 38.7 Å². The lowest BCUT2D eigenvalue weighted by Crippen LogP contribution is -2.21. The first-order valence-electron chi connectivity index (χ1n) is 10.8. The largest absolute Gasteiger partial charge is 0.377 e. The number of nitrogens with one attached hydrogen (secondary N) is 2. The van der Waals surface area contributed by atoms with Crippen molar-refractivity contribution in [3.8, 4) is 0 Å². The van der Waals surface area contributed by atoms with Crippen LogP contribution in [0.4, 0.5) is 0 Å². The monoisotopic (exact) mass is 422 g/mol. The number of carbonyl (C=O) groups is 1. The Kier molecular flexibility index (Phi) is 2.85. The summed E-state index contributed by atoms with van der Waals surface area (Å²) in [6.45, 7) is 0. The van der Waals surface area contributed by atoms with Gasteiger partial charge < -0.3 is 23.9 Å². The highest BCUT2D eigenvalue weighted by molar-refractivity contribution is 6.40. The molecular formula is C25H18N4O3. The number of benzene rings is 3. The van der Waals surface area contributed by atoms with Crippen molar-refractivity contribution in [2.75, 3.05) is 7.11 Å². The van der Waals surface area contributed by atoms with E-state index in [0.717, 1.165) is 50.0 Å². The Balaban J connectivity index is 1.78. The molecule has 1 fully saturated rings. The van der Waals surface area contributed by atoms with E-state index in [1.807, 2.05) is 24.3 Å². The van der Waals surface area contributed by atoms with Crippen LogP contribution in [0.15, 0.2) is 48.5 Å². The van der Waals surface area contributed by atoms with Crippen LogP contribution in [0.3, 0.4) is 0 Å². The predicted molar refractivity (Wildman–Crippen MR) is 121 cm³/mol. The molecule has 0 unspecified atom stereocenters. The fraction of sp³-hybridized carbons (Fsp3) is 0.200. The molecule has 5 aromatic rings. The molecule has 7 heteroatoms. The van der Waals surface area contributed by atoms with Crippen molar-refractivity contribution in [1.29, 1.82) is 5.41 Å². The topological polar surface area (TPSA) is 81.3 Å². The van der Waals surface area contributed by atoms with Gasteiger partial charge in [-0.2, -0.15) is 0 Å². The van der Waals surface area contributed by atoms with Crippen LogP contribution in [0.1, 0.15) is 34.8 Å². The zero-order valence-corrected chi connectivity index (χ0v) is 17.2. The van der Waals surface area contributed by atoms with Crippen molar-refractivity contribution in [1.82, 2.24) is 14.5 Å². The van der Waals surface area contributed by atoms with E-state index in [1.54, 1.807) is 7.11 Å². The smallest absolute Gasteiger partial charge is 0.258 e. The van der Waals surface area contributed by atoms with Gasteiger partial charge in [0.05, 0.1) is 27.6 Å². The molecule has 2 N–H and O–H groups in total. The molecule has 8 rings (SSSR count). The molecule has 32 heavy (non-hydrogen) atoms. The maximum absolute atomic E-state index is 13.2. The summed E-state index contributed by atoms with van der Waals surface area (Å²) in [5.41, 5.74) is 5.34. The molecule has 0 aliphatic carbocycles. The Morgan fingerprint density at radius 3 is 2.31 bits per heavy atom. The number of aromatic nitrogens is 2. The highest BCUT2D eigenvalue weighted by atomic mass is 16.6. The van der Waals surface area contributed by atoms with Crippen LogP contribution in [0, 0.1) is 5.41 Å². The van der Waals surface area contributed by atoms with Crippen LogP contribution >= 0.6 is 0 Å². The van der Waals surface area contributed by atoms with Crippen LogP contribution in [-0.4, -0.2) is 34.1 Å². The summed E-state index contributed by atoms with van der Waals surface area (Å²) < 4.78 is 17.0. The molecule has 0 radical (unpaired) electrons. The zero-order valence-electron chi connectivity index (χ0n) is 17.2. The highest BCUT2D eigenvalue weighted by Crippen LogP contribution is 2.52. The second-order valence-electron chi connectivity index (χ2n) is 8.79. The summed E-state index contributed by atoms with van der Waals surface area (Å²) >= 11 is 0. The van der Waals surface area contributed by atoms with Gasteiger partial charge in [0.15, 0.2) is 6.23 Å². The minimum atomic E-state index is -0.286. The molecule has 1 saturated heterocycles. The minimum absolute atomic E-state index is 0.101. The molecule has 0 saturated carbocycles. The van der Waals surface area contributed by atoms with Gasteiger partial charge in [-0.15, -0.1) is 0 Å². The van der Waals surface area contributed by atoms with Gasteiger partial charge in [0.2, 0.25) is 0 Å². The van der Waals surface area contributed by atoms with Crippen molar-refractivity contribution >= 4 is 55.4 Å². The first-order chi connectivity index (χ1) is 15.7. The van der Waals surface area contributed by atoms with Crippen molar-refractivity contribution in [3.05, 3.63) is 59.7 Å². The highest BCUT2D eigenvalue weighted by Gasteiger charge is 2.45. The molecule has 7 nitrogen and oxygen atoms in total. The average molecular weight is 422 g/mol. The molecule has 3 atom stereocenters. The van der Waals surface area contributed by atoms with E-state index in [-0.39, 0.29) is 30.3 Å². The van der Waals surface area contributed by atoms with Gasteiger partial charge in [0.1, 0.15) is 18.2 Å². The van der Waals surface area contributed by atoms with E-state index in [4.69, 9.17) is 14.9 Å². The SMILES string of the molecule is CO[C@H]1C[C@@H]2O[C@H]1n1c3ccccc3c3c4c(c5c6ccccc6n2c5c31)C(=O)NC4=N. The summed E-state index contributed by atoms with van der Waals surface area (Å²) in [4.78, 5) is 13.2. The van der Waals surface area contributed by atoms with Crippen LogP contribution < -0.4 is 5.32 Å². The Hall–Kier alpha value is -3.68. The van der Waals surface area contributed by atoms with Crippen LogP contribution in [0.5, 0.6) is 0 Å². The molecule has 5 heterocycles. The second kappa shape index (κ2) is 5.38. The third-order valence-electron chi connectivity index (χ3n) is 7.40. The number of para-hydroxylation sites is 2. The second-order valence-corrected chi connectivity index (χ2v) is 8.79. The lowest BCUT2D eigenvalue weighted by molar-refractivity contribution is -0.0597. The number of fused-ring (bicyclic) bond motifs is 13. The van der Waals surface area contributed by atoms with Crippen molar-refractivity contribution in [3.63, 3.8) is 0 Å². The van der Waals surface area contributed by atoms with Crippen LogP contribution in [0.2, 0.25) is 0 Å². The summed E-state index contributed by atoms with van der Waals surface area (Å²) in [7, 11) is 1.74. The number of ether oxygens (including phenoxy) is 2. The molecule has 1 amide bonds. The van der Waals surface area contributed by atoms with Crippen LogP contribution in [0.25, 0.3) is 43.6 Å². The molecule has 156 valence electrons. The Bertz CT molecular complexity index is 1710. The van der Waals surface area contributed by atoms with Crippen molar-refractivity contribution in [2.45, 2.75) is 25.0 Å². The molecule has 3 aliphatic heterocycles. The number of hydrogen-bond donors (Lipinski definition) is 2. The number of carbonyl (C=O) groups excluding carboxylic acids is 1. The van der Waals surface area contributed by atoms with E-state index in [0.29, 0.717) is 11.1 Å². The van der Waals surface area contributed by atoms with Gasteiger partial charge >= 0.3 is 0 Å². The first kappa shape index (κ1) is 16.9. The van der Waals surface area contributed by atoms with E-state index < -0.39 is 0 Å². The summed E-state index contributed by atoms with van der Waals surface area (Å²) in [5, 5.41) is 15.3. The molecule has 3 aliphatic rings. The Morgan fingerprint density at radius 2 is 1.59 bits per heavy atom. The fourth-order valence-corrected chi connectivity index (χ4v) is 6.25. The molecule has 0 spiro atoms.